The fourth-order valence-electron chi connectivity index (χ4n) is 4.17. The number of fused-ring (bicyclic) bond motifs is 1. The Morgan fingerprint density at radius 3 is 2.50 bits per heavy atom. The Bertz CT molecular complexity index is 897. The number of halogens is 1. The fraction of sp³-hybridized carbons (Fsp3) is 0.409. The Balaban J connectivity index is 1.31. The van der Waals surface area contributed by atoms with Gasteiger partial charge in [-0.3, -0.25) is 14.4 Å². The van der Waals surface area contributed by atoms with Crippen molar-refractivity contribution in [3.63, 3.8) is 0 Å². The Morgan fingerprint density at radius 1 is 1.07 bits per heavy atom. The lowest BCUT2D eigenvalue weighted by Crippen LogP contribution is -2.41. The van der Waals surface area contributed by atoms with Crippen LogP contribution in [0.25, 0.3) is 0 Å². The Hall–Kier alpha value is -2.34. The lowest BCUT2D eigenvalue weighted by Gasteiger charge is -2.32. The Labute approximate surface area is 167 Å². The van der Waals surface area contributed by atoms with Gasteiger partial charge in [0, 0.05) is 36.9 Å². The van der Waals surface area contributed by atoms with Gasteiger partial charge >= 0.3 is 0 Å². The molecule has 1 atom stereocenters. The van der Waals surface area contributed by atoms with Crippen molar-refractivity contribution >= 4 is 28.8 Å². The molecule has 1 aromatic carbocycles. The Morgan fingerprint density at radius 2 is 1.79 bits per heavy atom. The molecule has 1 aromatic heterocycles. The number of Topliss-reactive ketones (excluding diaryl/α,β-unsaturated/α-hetero) is 2. The van der Waals surface area contributed by atoms with Gasteiger partial charge in [0.05, 0.1) is 4.88 Å². The summed E-state index contributed by atoms with van der Waals surface area (Å²) in [5.41, 5.74) is 1.63. The van der Waals surface area contributed by atoms with Gasteiger partial charge in [0.1, 0.15) is 5.82 Å². The van der Waals surface area contributed by atoms with Gasteiger partial charge in [-0.1, -0.05) is 0 Å². The predicted molar refractivity (Wildman–Crippen MR) is 105 cm³/mol. The van der Waals surface area contributed by atoms with Crippen LogP contribution in [0, 0.1) is 17.7 Å². The number of piperidine rings is 1. The molecule has 1 aliphatic heterocycles. The summed E-state index contributed by atoms with van der Waals surface area (Å²) in [6, 6.07) is 7.63. The van der Waals surface area contributed by atoms with E-state index in [2.05, 4.69) is 0 Å². The van der Waals surface area contributed by atoms with Crippen molar-refractivity contribution in [3.05, 3.63) is 57.5 Å². The third kappa shape index (κ3) is 3.78. The maximum atomic E-state index is 13.0. The zero-order valence-corrected chi connectivity index (χ0v) is 16.3. The molecular weight excluding hydrogens is 377 g/mol. The third-order valence-corrected chi connectivity index (χ3v) is 6.84. The van der Waals surface area contributed by atoms with E-state index < -0.39 is 0 Å². The van der Waals surface area contributed by atoms with Crippen LogP contribution in [0.5, 0.6) is 0 Å². The highest BCUT2D eigenvalue weighted by Crippen LogP contribution is 2.32. The average molecular weight is 399 g/mol. The maximum Gasteiger partial charge on any atom is 0.223 e. The summed E-state index contributed by atoms with van der Waals surface area (Å²) in [5.74, 6) is -0.600. The van der Waals surface area contributed by atoms with Crippen LogP contribution in [0.3, 0.4) is 0 Å². The molecule has 0 spiro atoms. The first-order chi connectivity index (χ1) is 13.5. The van der Waals surface area contributed by atoms with E-state index >= 15 is 0 Å². The van der Waals surface area contributed by atoms with Crippen LogP contribution in [0.2, 0.25) is 0 Å². The van der Waals surface area contributed by atoms with Crippen molar-refractivity contribution in [2.24, 2.45) is 11.8 Å². The molecule has 0 saturated carbocycles. The first-order valence-electron chi connectivity index (χ1n) is 9.71. The number of likely N-dealkylation sites (tertiary alicyclic amines) is 1. The van der Waals surface area contributed by atoms with Gasteiger partial charge in [-0.15, -0.1) is 11.3 Å². The van der Waals surface area contributed by atoms with E-state index in [4.69, 9.17) is 0 Å². The number of thiophene rings is 1. The lowest BCUT2D eigenvalue weighted by molar-refractivity contribution is -0.133. The zero-order valence-electron chi connectivity index (χ0n) is 15.5. The van der Waals surface area contributed by atoms with E-state index in [-0.39, 0.29) is 41.5 Å². The van der Waals surface area contributed by atoms with Crippen LogP contribution in [-0.2, 0) is 11.2 Å². The van der Waals surface area contributed by atoms with Crippen molar-refractivity contribution in [1.29, 1.82) is 0 Å². The second-order valence-electron chi connectivity index (χ2n) is 7.61. The lowest BCUT2D eigenvalue weighted by atomic mass is 9.84. The van der Waals surface area contributed by atoms with E-state index in [1.54, 1.807) is 4.90 Å². The molecule has 0 N–H and O–H groups in total. The molecule has 2 heterocycles. The van der Waals surface area contributed by atoms with Crippen LogP contribution < -0.4 is 0 Å². The molecule has 1 amide bonds. The minimum atomic E-state index is -0.358. The molecule has 0 radical (unpaired) electrons. The number of nitrogens with zero attached hydrogens (tertiary/aromatic N) is 1. The highest BCUT2D eigenvalue weighted by Gasteiger charge is 2.33. The average Bonchev–Trinajstić information content (AvgIpc) is 3.20. The highest BCUT2D eigenvalue weighted by molar-refractivity contribution is 7.12. The van der Waals surface area contributed by atoms with Crippen molar-refractivity contribution in [2.45, 2.75) is 32.1 Å². The standard InChI is InChI=1S/C22H22FNO3S/c23-18-5-3-14(4-6-18)20(26)15-7-10-24(11-8-15)19(25)13-17-2-1-16-9-12-28-22(16)21(17)27/h3-6,9,12,15,17H,1-2,7-8,10-11,13H2. The normalized spacial score (nSPS) is 20.1. The molecule has 1 aliphatic carbocycles. The first-order valence-corrected chi connectivity index (χ1v) is 10.6. The maximum absolute atomic E-state index is 13.0. The molecule has 146 valence electrons. The number of carbonyl (C=O) groups is 3. The molecular formula is C22H22FNO3S. The van der Waals surface area contributed by atoms with Gasteiger partial charge in [0.2, 0.25) is 5.91 Å². The second-order valence-corrected chi connectivity index (χ2v) is 8.52. The van der Waals surface area contributed by atoms with E-state index in [0.717, 1.165) is 23.3 Å². The topological polar surface area (TPSA) is 54.5 Å². The van der Waals surface area contributed by atoms with Gasteiger partial charge in [0.25, 0.3) is 0 Å². The van der Waals surface area contributed by atoms with Crippen LogP contribution >= 0.6 is 11.3 Å². The molecule has 28 heavy (non-hydrogen) atoms. The van der Waals surface area contributed by atoms with Gasteiger partial charge in [-0.2, -0.15) is 0 Å². The fourth-order valence-corrected chi connectivity index (χ4v) is 5.14. The van der Waals surface area contributed by atoms with Crippen LogP contribution in [0.4, 0.5) is 4.39 Å². The van der Waals surface area contributed by atoms with Gasteiger partial charge in [-0.05, 0) is 67.0 Å². The summed E-state index contributed by atoms with van der Waals surface area (Å²) >= 11 is 1.47. The van der Waals surface area contributed by atoms with Crippen LogP contribution in [0.1, 0.15) is 51.3 Å². The SMILES string of the molecule is O=C(c1ccc(F)cc1)C1CCN(C(=O)CC2CCc3ccsc3C2=O)CC1. The highest BCUT2D eigenvalue weighted by atomic mass is 32.1. The summed E-state index contributed by atoms with van der Waals surface area (Å²) in [5, 5.41) is 1.94. The minimum Gasteiger partial charge on any atom is -0.343 e. The number of amides is 1. The monoisotopic (exact) mass is 399 g/mol. The second kappa shape index (κ2) is 7.95. The molecule has 2 aliphatic rings. The largest absolute Gasteiger partial charge is 0.343 e. The van der Waals surface area contributed by atoms with Gasteiger partial charge in [-0.25, -0.2) is 4.39 Å². The summed E-state index contributed by atoms with van der Waals surface area (Å²) in [4.78, 5) is 40.4. The molecule has 4 nitrogen and oxygen atoms in total. The molecule has 1 fully saturated rings. The van der Waals surface area contributed by atoms with Gasteiger partial charge < -0.3 is 4.90 Å². The van der Waals surface area contributed by atoms with Gasteiger partial charge in [0.15, 0.2) is 11.6 Å². The zero-order chi connectivity index (χ0) is 19.7. The summed E-state index contributed by atoms with van der Waals surface area (Å²) in [6.07, 6.45) is 3.06. The molecule has 4 rings (SSSR count). The number of rotatable bonds is 4. The van der Waals surface area contributed by atoms with E-state index in [9.17, 15) is 18.8 Å². The van der Waals surface area contributed by atoms with Crippen molar-refractivity contribution in [2.75, 3.05) is 13.1 Å². The number of carbonyl (C=O) groups excluding carboxylic acids is 3. The van der Waals surface area contributed by atoms with Crippen molar-refractivity contribution in [1.82, 2.24) is 4.90 Å². The van der Waals surface area contributed by atoms with Crippen LogP contribution in [0.15, 0.2) is 35.7 Å². The first kappa shape index (κ1) is 19.0. The summed E-state index contributed by atoms with van der Waals surface area (Å²) in [6.45, 7) is 1.06. The number of ketones is 2. The van der Waals surface area contributed by atoms with Crippen LogP contribution in [-0.4, -0.2) is 35.5 Å². The number of aryl methyl sites for hydroxylation is 1. The van der Waals surface area contributed by atoms with Crippen molar-refractivity contribution < 1.29 is 18.8 Å². The van der Waals surface area contributed by atoms with E-state index in [0.29, 0.717) is 31.5 Å². The number of hydrogen-bond acceptors (Lipinski definition) is 4. The molecule has 6 heteroatoms. The number of benzene rings is 1. The minimum absolute atomic E-state index is 0.00559. The molecule has 1 unspecified atom stereocenters. The molecule has 2 aromatic rings. The third-order valence-electron chi connectivity index (χ3n) is 5.87. The summed E-state index contributed by atoms with van der Waals surface area (Å²) < 4.78 is 13.0. The van der Waals surface area contributed by atoms with Crippen molar-refractivity contribution in [3.8, 4) is 0 Å². The molecule has 0 bridgehead atoms. The molecule has 1 saturated heterocycles. The Kier molecular flexibility index (Phi) is 5.40. The smallest absolute Gasteiger partial charge is 0.223 e. The van der Waals surface area contributed by atoms with E-state index in [1.807, 2.05) is 11.4 Å². The van der Waals surface area contributed by atoms with E-state index in [1.165, 1.54) is 35.6 Å². The quantitative estimate of drug-likeness (QED) is 0.726. The number of hydrogen-bond donors (Lipinski definition) is 0. The summed E-state index contributed by atoms with van der Waals surface area (Å²) in [7, 11) is 0. The predicted octanol–water partition coefficient (Wildman–Crippen LogP) is 4.14.